The molecule has 0 unspecified atom stereocenters. The van der Waals surface area contributed by atoms with Gasteiger partial charge in [-0.2, -0.15) is 0 Å². The van der Waals surface area contributed by atoms with Gasteiger partial charge in [0.1, 0.15) is 6.61 Å². The Morgan fingerprint density at radius 1 is 1.12 bits per heavy atom. The van der Waals surface area contributed by atoms with Crippen LogP contribution in [0.25, 0.3) is 22.1 Å². The zero-order chi connectivity index (χ0) is 22.2. The summed E-state index contributed by atoms with van der Waals surface area (Å²) >= 11 is 7.87. The van der Waals surface area contributed by atoms with Crippen LogP contribution in [0, 0.1) is 6.92 Å². The van der Waals surface area contributed by atoms with Crippen molar-refractivity contribution in [2.45, 2.75) is 13.5 Å². The van der Waals surface area contributed by atoms with Crippen LogP contribution in [0.1, 0.15) is 16.7 Å². The van der Waals surface area contributed by atoms with E-state index in [2.05, 4.69) is 4.98 Å². The number of ether oxygens (including phenoxy) is 2. The van der Waals surface area contributed by atoms with Crippen molar-refractivity contribution in [3.05, 3.63) is 97.3 Å². The third-order valence-electron chi connectivity index (χ3n) is 5.20. The van der Waals surface area contributed by atoms with Crippen LogP contribution >= 0.6 is 22.9 Å². The number of para-hydroxylation sites is 2. The van der Waals surface area contributed by atoms with Gasteiger partial charge in [0.15, 0.2) is 16.5 Å². The van der Waals surface area contributed by atoms with Gasteiger partial charge in [-0.05, 0) is 48.4 Å². The molecule has 0 saturated heterocycles. The minimum absolute atomic E-state index is 0.103. The number of aromatic nitrogens is 2. The van der Waals surface area contributed by atoms with Gasteiger partial charge in [-0.1, -0.05) is 64.9 Å². The van der Waals surface area contributed by atoms with E-state index in [1.54, 1.807) is 23.7 Å². The van der Waals surface area contributed by atoms with Gasteiger partial charge in [-0.15, -0.1) is 0 Å². The Kier molecular flexibility index (Phi) is 5.33. The van der Waals surface area contributed by atoms with E-state index < -0.39 is 0 Å². The Bertz CT molecular complexity index is 1550. The number of imidazole rings is 1. The molecule has 0 saturated carbocycles. The van der Waals surface area contributed by atoms with Gasteiger partial charge in [-0.25, -0.2) is 9.38 Å². The monoisotopic (exact) mass is 462 g/mol. The number of fused-ring (bicyclic) bond motifs is 3. The number of methoxy groups -OCH3 is 1. The van der Waals surface area contributed by atoms with E-state index in [1.807, 2.05) is 61.5 Å². The highest BCUT2D eigenvalue weighted by Crippen LogP contribution is 2.37. The van der Waals surface area contributed by atoms with Crippen molar-refractivity contribution in [3.63, 3.8) is 0 Å². The maximum atomic E-state index is 13.0. The van der Waals surface area contributed by atoms with Crippen molar-refractivity contribution in [1.82, 2.24) is 9.38 Å². The first-order valence-corrected chi connectivity index (χ1v) is 11.2. The summed E-state index contributed by atoms with van der Waals surface area (Å²) < 4.78 is 13.7. The molecule has 0 atom stereocenters. The summed E-state index contributed by atoms with van der Waals surface area (Å²) in [7, 11) is 1.57. The third kappa shape index (κ3) is 3.72. The molecule has 2 aromatic heterocycles. The molecular weight excluding hydrogens is 444 g/mol. The normalized spacial score (nSPS) is 12.0. The molecule has 0 fully saturated rings. The number of hydrogen-bond acceptors (Lipinski definition) is 5. The Hall–Kier alpha value is -3.35. The molecule has 0 N–H and O–H groups in total. The lowest BCUT2D eigenvalue weighted by atomic mass is 10.1. The number of benzene rings is 3. The van der Waals surface area contributed by atoms with E-state index in [9.17, 15) is 4.79 Å². The molecule has 3 aromatic carbocycles. The van der Waals surface area contributed by atoms with Crippen LogP contribution in [0.15, 0.2) is 65.5 Å². The molecule has 2 heterocycles. The van der Waals surface area contributed by atoms with Gasteiger partial charge in [0, 0.05) is 0 Å². The van der Waals surface area contributed by atoms with E-state index in [4.69, 9.17) is 21.1 Å². The number of thiazole rings is 1. The largest absolute Gasteiger partial charge is 0.493 e. The van der Waals surface area contributed by atoms with Crippen LogP contribution in [0.4, 0.5) is 0 Å². The molecule has 0 aliphatic heterocycles. The smallest absolute Gasteiger partial charge is 0.274 e. The highest BCUT2D eigenvalue weighted by atomic mass is 35.5. The lowest BCUT2D eigenvalue weighted by Crippen LogP contribution is -2.22. The van der Waals surface area contributed by atoms with E-state index in [1.165, 1.54) is 16.9 Å². The number of nitrogens with zero attached hydrogens (tertiary/aromatic N) is 2. The fourth-order valence-electron chi connectivity index (χ4n) is 3.57. The lowest BCUT2D eigenvalue weighted by Gasteiger charge is -2.13. The van der Waals surface area contributed by atoms with Crippen molar-refractivity contribution in [1.29, 1.82) is 0 Å². The van der Waals surface area contributed by atoms with Crippen LogP contribution in [0.3, 0.4) is 0 Å². The minimum atomic E-state index is -0.103. The van der Waals surface area contributed by atoms with E-state index >= 15 is 0 Å². The standard InChI is InChI=1S/C25H19ClN2O3S/c1-15-7-9-16(10-8-15)14-31-23-18(26)11-17(12-21(23)30-2)13-22-24(29)28-20-6-4-3-5-19(20)27-25(28)32-22/h3-13H,14H2,1-2H3/b22-13+. The topological polar surface area (TPSA) is 52.8 Å². The molecule has 0 aliphatic carbocycles. The average Bonchev–Trinajstić information content (AvgIpc) is 3.30. The van der Waals surface area contributed by atoms with Crippen LogP contribution in [0.2, 0.25) is 5.02 Å². The second-order valence-electron chi connectivity index (χ2n) is 7.44. The summed E-state index contributed by atoms with van der Waals surface area (Å²) in [5.41, 5.74) is 4.49. The summed E-state index contributed by atoms with van der Waals surface area (Å²) in [6.45, 7) is 2.42. The van der Waals surface area contributed by atoms with Gasteiger partial charge >= 0.3 is 0 Å². The van der Waals surface area contributed by atoms with Crippen LogP contribution < -0.4 is 19.6 Å². The first-order chi connectivity index (χ1) is 15.5. The molecule has 7 heteroatoms. The maximum absolute atomic E-state index is 13.0. The average molecular weight is 463 g/mol. The van der Waals surface area contributed by atoms with E-state index in [0.29, 0.717) is 32.6 Å². The summed E-state index contributed by atoms with van der Waals surface area (Å²) in [4.78, 5) is 18.2. The molecule has 0 radical (unpaired) electrons. The molecule has 5 nitrogen and oxygen atoms in total. The van der Waals surface area contributed by atoms with Crippen LogP contribution in [-0.2, 0) is 6.61 Å². The number of hydrogen-bond donors (Lipinski definition) is 0. The molecule has 32 heavy (non-hydrogen) atoms. The zero-order valence-corrected chi connectivity index (χ0v) is 19.0. The highest BCUT2D eigenvalue weighted by Gasteiger charge is 2.14. The molecule has 0 bridgehead atoms. The molecule has 5 aromatic rings. The molecule has 0 aliphatic rings. The predicted molar refractivity (Wildman–Crippen MR) is 129 cm³/mol. The first-order valence-electron chi connectivity index (χ1n) is 10.0. The summed E-state index contributed by atoms with van der Waals surface area (Å²) in [6.07, 6.45) is 1.80. The predicted octanol–water partition coefficient (Wildman–Crippen LogP) is 5.01. The highest BCUT2D eigenvalue weighted by molar-refractivity contribution is 7.15. The van der Waals surface area contributed by atoms with Crippen LogP contribution in [0.5, 0.6) is 11.5 Å². The van der Waals surface area contributed by atoms with Crippen molar-refractivity contribution in [3.8, 4) is 11.5 Å². The molecule has 0 amide bonds. The molecular formula is C25H19ClN2O3S. The number of halogens is 1. The van der Waals surface area contributed by atoms with Gasteiger partial charge < -0.3 is 9.47 Å². The second kappa shape index (κ2) is 8.30. The molecule has 160 valence electrons. The molecule has 5 rings (SSSR count). The van der Waals surface area contributed by atoms with Crippen molar-refractivity contribution >= 4 is 45.0 Å². The summed E-state index contributed by atoms with van der Waals surface area (Å²) in [6, 6.07) is 19.3. The van der Waals surface area contributed by atoms with E-state index in [-0.39, 0.29) is 5.56 Å². The quantitative estimate of drug-likeness (QED) is 0.368. The zero-order valence-electron chi connectivity index (χ0n) is 17.5. The number of aryl methyl sites for hydroxylation is 1. The van der Waals surface area contributed by atoms with E-state index in [0.717, 1.165) is 22.2 Å². The Labute approximate surface area is 193 Å². The summed E-state index contributed by atoms with van der Waals surface area (Å²) in [5.74, 6) is 0.983. The van der Waals surface area contributed by atoms with Gasteiger partial charge in [0.05, 0.1) is 27.7 Å². The van der Waals surface area contributed by atoms with Gasteiger partial charge in [0.2, 0.25) is 0 Å². The SMILES string of the molecule is COc1cc(/C=c2/sc3nc4ccccc4n3c2=O)cc(Cl)c1OCc1ccc(C)cc1. The van der Waals surface area contributed by atoms with Crippen LogP contribution in [-0.4, -0.2) is 16.5 Å². The third-order valence-corrected chi connectivity index (χ3v) is 6.45. The second-order valence-corrected chi connectivity index (χ2v) is 8.86. The Morgan fingerprint density at radius 2 is 1.91 bits per heavy atom. The molecule has 0 spiro atoms. The fraction of sp³-hybridized carbons (Fsp3) is 0.120. The minimum Gasteiger partial charge on any atom is -0.493 e. The number of rotatable bonds is 5. The van der Waals surface area contributed by atoms with Crippen molar-refractivity contribution in [2.75, 3.05) is 7.11 Å². The van der Waals surface area contributed by atoms with Gasteiger partial charge in [0.25, 0.3) is 5.56 Å². The van der Waals surface area contributed by atoms with Gasteiger partial charge in [-0.3, -0.25) is 4.79 Å². The van der Waals surface area contributed by atoms with Crippen molar-refractivity contribution < 1.29 is 9.47 Å². The fourth-order valence-corrected chi connectivity index (χ4v) is 4.83. The Balaban J connectivity index is 1.51. The maximum Gasteiger partial charge on any atom is 0.274 e. The lowest BCUT2D eigenvalue weighted by molar-refractivity contribution is 0.284. The van der Waals surface area contributed by atoms with Crippen molar-refractivity contribution in [2.24, 2.45) is 0 Å². The Morgan fingerprint density at radius 3 is 2.69 bits per heavy atom. The summed E-state index contributed by atoms with van der Waals surface area (Å²) in [5, 5.41) is 0.418. The first kappa shape index (κ1) is 20.5.